The van der Waals surface area contributed by atoms with Gasteiger partial charge >= 0.3 is 5.97 Å². The molecule has 0 fully saturated rings. The van der Waals surface area contributed by atoms with E-state index in [1.54, 1.807) is 0 Å². The van der Waals surface area contributed by atoms with E-state index in [4.69, 9.17) is 5.11 Å². The first-order valence-corrected chi connectivity index (χ1v) is 3.45. The van der Waals surface area contributed by atoms with Crippen LogP contribution in [0.15, 0.2) is 0 Å². The summed E-state index contributed by atoms with van der Waals surface area (Å²) >= 11 is 0. The van der Waals surface area contributed by atoms with Crippen molar-refractivity contribution in [1.29, 1.82) is 0 Å². The molecule has 62 valence electrons. The lowest BCUT2D eigenvalue weighted by Gasteiger charge is -2.05. The van der Waals surface area contributed by atoms with Crippen molar-refractivity contribution in [1.82, 2.24) is 6.15 Å². The quantitative estimate of drug-likeness (QED) is 0.639. The van der Waals surface area contributed by atoms with Gasteiger partial charge in [0.05, 0.1) is 5.92 Å². The highest BCUT2D eigenvalue weighted by Gasteiger charge is 2.12. The van der Waals surface area contributed by atoms with Crippen LogP contribution in [0.25, 0.3) is 0 Å². The van der Waals surface area contributed by atoms with Gasteiger partial charge in [-0.3, -0.25) is 4.79 Å². The molecule has 1 unspecified atom stereocenters. The van der Waals surface area contributed by atoms with Crippen LogP contribution < -0.4 is 6.15 Å². The first-order chi connectivity index (χ1) is 4.22. The summed E-state index contributed by atoms with van der Waals surface area (Å²) < 4.78 is 0. The molecule has 0 aromatic rings. The number of carboxylic acid groups (broad SMARTS) is 1. The fourth-order valence-corrected chi connectivity index (χ4v) is 0.851. The van der Waals surface area contributed by atoms with E-state index >= 15 is 0 Å². The van der Waals surface area contributed by atoms with Crippen LogP contribution in [0.1, 0.15) is 33.1 Å². The largest absolute Gasteiger partial charge is 0.481 e. The second-order valence-corrected chi connectivity index (χ2v) is 2.23. The summed E-state index contributed by atoms with van der Waals surface area (Å²) in [5.74, 6) is -0.769. The molecule has 0 amide bonds. The Morgan fingerprint density at radius 3 is 2.10 bits per heavy atom. The van der Waals surface area contributed by atoms with Gasteiger partial charge in [-0.15, -0.1) is 0 Å². The molecule has 0 aliphatic heterocycles. The Morgan fingerprint density at radius 2 is 2.00 bits per heavy atom. The van der Waals surface area contributed by atoms with Crippen LogP contribution in [0.3, 0.4) is 0 Å². The molecule has 0 radical (unpaired) electrons. The minimum atomic E-state index is -0.653. The molecule has 0 bridgehead atoms. The summed E-state index contributed by atoms with van der Waals surface area (Å²) in [6.45, 7) is 3.92. The van der Waals surface area contributed by atoms with Crippen LogP contribution in [0.4, 0.5) is 0 Å². The molecule has 0 saturated heterocycles. The van der Waals surface area contributed by atoms with E-state index in [2.05, 4.69) is 0 Å². The van der Waals surface area contributed by atoms with Crippen molar-refractivity contribution >= 4 is 5.97 Å². The molecule has 3 nitrogen and oxygen atoms in total. The van der Waals surface area contributed by atoms with Crippen molar-refractivity contribution in [2.24, 2.45) is 5.92 Å². The summed E-state index contributed by atoms with van der Waals surface area (Å²) in [5.41, 5.74) is 0. The van der Waals surface area contributed by atoms with Crippen molar-refractivity contribution in [3.63, 3.8) is 0 Å². The first-order valence-electron chi connectivity index (χ1n) is 3.45. The summed E-state index contributed by atoms with van der Waals surface area (Å²) in [6.07, 6.45) is 2.53. The van der Waals surface area contributed by atoms with Gasteiger partial charge in [-0.05, 0) is 12.8 Å². The lowest BCUT2D eigenvalue weighted by Crippen LogP contribution is -2.11. The Labute approximate surface area is 62.0 Å². The van der Waals surface area contributed by atoms with Gasteiger partial charge < -0.3 is 11.3 Å². The predicted molar refractivity (Wildman–Crippen MR) is 41.3 cm³/mol. The average Bonchev–Trinajstić information content (AvgIpc) is 1.82. The second-order valence-electron chi connectivity index (χ2n) is 2.23. The van der Waals surface area contributed by atoms with Gasteiger partial charge in [0.2, 0.25) is 0 Å². The Balaban J connectivity index is 0. The predicted octanol–water partition coefficient (Wildman–Crippen LogP) is 2.06. The minimum Gasteiger partial charge on any atom is -0.481 e. The highest BCUT2D eigenvalue weighted by Crippen LogP contribution is 2.09. The third kappa shape index (κ3) is 4.32. The molecule has 0 rings (SSSR count). The molecule has 0 aromatic carbocycles. The Bertz CT molecular complexity index is 93.6. The molecule has 3 heteroatoms. The van der Waals surface area contributed by atoms with Gasteiger partial charge in [0.1, 0.15) is 0 Å². The fourth-order valence-electron chi connectivity index (χ4n) is 0.851. The summed E-state index contributed by atoms with van der Waals surface area (Å²) in [4.78, 5) is 10.3. The lowest BCUT2D eigenvalue weighted by atomic mass is 10.0. The van der Waals surface area contributed by atoms with Crippen LogP contribution in [0, 0.1) is 5.92 Å². The van der Waals surface area contributed by atoms with Gasteiger partial charge in [-0.25, -0.2) is 0 Å². The van der Waals surface area contributed by atoms with Gasteiger partial charge in [0.25, 0.3) is 0 Å². The third-order valence-corrected chi connectivity index (χ3v) is 1.48. The van der Waals surface area contributed by atoms with Crippen molar-refractivity contribution < 1.29 is 9.90 Å². The molecular weight excluding hydrogens is 130 g/mol. The van der Waals surface area contributed by atoms with E-state index in [0.717, 1.165) is 19.3 Å². The Kier molecular flexibility index (Phi) is 7.95. The van der Waals surface area contributed by atoms with Crippen molar-refractivity contribution in [3.05, 3.63) is 0 Å². The molecule has 0 aliphatic rings. The number of hydrogen-bond acceptors (Lipinski definition) is 2. The molecule has 1 atom stereocenters. The van der Waals surface area contributed by atoms with Crippen LogP contribution in [0.5, 0.6) is 0 Å². The maximum Gasteiger partial charge on any atom is 0.306 e. The number of carbonyl (C=O) groups is 1. The first kappa shape index (κ1) is 12.1. The summed E-state index contributed by atoms with van der Waals surface area (Å²) in [5, 5.41) is 8.50. The highest BCUT2D eigenvalue weighted by atomic mass is 16.4. The average molecular weight is 147 g/mol. The normalized spacial score (nSPS) is 11.8. The topological polar surface area (TPSA) is 72.3 Å². The second kappa shape index (κ2) is 6.55. The van der Waals surface area contributed by atoms with Crippen molar-refractivity contribution in [2.75, 3.05) is 0 Å². The third-order valence-electron chi connectivity index (χ3n) is 1.48. The van der Waals surface area contributed by atoms with Crippen LogP contribution in [0.2, 0.25) is 0 Å². The smallest absolute Gasteiger partial charge is 0.306 e. The standard InChI is InChI=1S/C7H14O2.H3N/c1-3-5-6(4-2)7(8)9;/h6H,3-5H2,1-2H3,(H,8,9);1H3. The summed E-state index contributed by atoms with van der Waals surface area (Å²) in [6, 6.07) is 0. The number of hydrogen-bond donors (Lipinski definition) is 2. The van der Waals surface area contributed by atoms with E-state index in [1.807, 2.05) is 13.8 Å². The van der Waals surface area contributed by atoms with Gasteiger partial charge in [-0.2, -0.15) is 0 Å². The molecule has 4 N–H and O–H groups in total. The maximum atomic E-state index is 10.3. The molecular formula is C7H17NO2. The Morgan fingerprint density at radius 1 is 1.50 bits per heavy atom. The van der Waals surface area contributed by atoms with E-state index in [-0.39, 0.29) is 12.1 Å². The van der Waals surface area contributed by atoms with Gasteiger partial charge in [0, 0.05) is 0 Å². The minimum absolute atomic E-state index is 0. The van der Waals surface area contributed by atoms with E-state index < -0.39 is 5.97 Å². The van der Waals surface area contributed by atoms with Crippen LogP contribution >= 0.6 is 0 Å². The van der Waals surface area contributed by atoms with E-state index in [0.29, 0.717) is 0 Å². The van der Waals surface area contributed by atoms with Crippen molar-refractivity contribution in [3.8, 4) is 0 Å². The molecule has 10 heavy (non-hydrogen) atoms. The SMILES string of the molecule is CCCC(CC)C(=O)O.N. The maximum absolute atomic E-state index is 10.3. The number of rotatable bonds is 4. The number of carboxylic acids is 1. The van der Waals surface area contributed by atoms with Gasteiger partial charge in [-0.1, -0.05) is 20.3 Å². The Hall–Kier alpha value is -0.570. The van der Waals surface area contributed by atoms with Crippen molar-refractivity contribution in [2.45, 2.75) is 33.1 Å². The fraction of sp³-hybridized carbons (Fsp3) is 0.857. The van der Waals surface area contributed by atoms with Crippen LogP contribution in [-0.2, 0) is 4.79 Å². The summed E-state index contributed by atoms with van der Waals surface area (Å²) in [7, 11) is 0. The molecule has 0 spiro atoms. The zero-order valence-electron chi connectivity index (χ0n) is 6.76. The molecule has 0 aromatic heterocycles. The number of aliphatic carboxylic acids is 1. The monoisotopic (exact) mass is 147 g/mol. The highest BCUT2D eigenvalue weighted by molar-refractivity contribution is 5.69. The molecule has 0 heterocycles. The zero-order valence-corrected chi connectivity index (χ0v) is 6.76. The van der Waals surface area contributed by atoms with E-state index in [1.165, 1.54) is 0 Å². The molecule has 0 saturated carbocycles. The van der Waals surface area contributed by atoms with Gasteiger partial charge in [0.15, 0.2) is 0 Å². The zero-order chi connectivity index (χ0) is 7.28. The van der Waals surface area contributed by atoms with Crippen LogP contribution in [-0.4, -0.2) is 11.1 Å². The van der Waals surface area contributed by atoms with E-state index in [9.17, 15) is 4.79 Å². The molecule has 0 aliphatic carbocycles. The lowest BCUT2D eigenvalue weighted by molar-refractivity contribution is -0.142.